The van der Waals surface area contributed by atoms with Crippen LogP contribution in [0.25, 0.3) is 0 Å². The smallest absolute Gasteiger partial charge is 0.213 e. The number of sulfonamides is 1. The van der Waals surface area contributed by atoms with Crippen molar-refractivity contribution in [3.63, 3.8) is 0 Å². The van der Waals surface area contributed by atoms with Crippen molar-refractivity contribution in [1.82, 2.24) is 19.1 Å². The predicted octanol–water partition coefficient (Wildman–Crippen LogP) is 1.49. The molecule has 2 heterocycles. The first-order valence-electron chi connectivity index (χ1n) is 6.62. The van der Waals surface area contributed by atoms with Gasteiger partial charge >= 0.3 is 0 Å². The highest BCUT2D eigenvalue weighted by atomic mass is 32.2. The topological polar surface area (TPSA) is 71.0 Å². The van der Waals surface area contributed by atoms with Gasteiger partial charge in [-0.15, -0.1) is 0 Å². The molecule has 8 heteroatoms. The van der Waals surface area contributed by atoms with Gasteiger partial charge in [0.2, 0.25) is 10.0 Å². The number of rotatable bonds is 4. The Morgan fingerprint density at radius 1 is 1.47 bits per heavy atom. The van der Waals surface area contributed by atoms with Crippen molar-refractivity contribution in [1.29, 1.82) is 0 Å². The lowest BCUT2D eigenvalue weighted by Crippen LogP contribution is -2.40. The maximum absolute atomic E-state index is 12.0. The molecule has 0 aromatic carbocycles. The molecule has 1 saturated heterocycles. The van der Waals surface area contributed by atoms with Crippen LogP contribution in [0.15, 0.2) is 0 Å². The van der Waals surface area contributed by atoms with Gasteiger partial charge in [-0.25, -0.2) is 12.7 Å². The van der Waals surface area contributed by atoms with Gasteiger partial charge in [0.15, 0.2) is 4.77 Å². The van der Waals surface area contributed by atoms with E-state index in [-0.39, 0.29) is 11.7 Å². The van der Waals surface area contributed by atoms with Gasteiger partial charge < -0.3 is 4.57 Å². The lowest BCUT2D eigenvalue weighted by Gasteiger charge is -2.31. The van der Waals surface area contributed by atoms with Crippen molar-refractivity contribution in [3.05, 3.63) is 10.6 Å². The molecule has 1 aliphatic heterocycles. The first-order valence-corrected chi connectivity index (χ1v) is 8.64. The second-order valence-corrected chi connectivity index (χ2v) is 7.37. The monoisotopic (exact) mass is 304 g/mol. The predicted molar refractivity (Wildman–Crippen MR) is 76.1 cm³/mol. The number of nitrogens with one attached hydrogen (secondary N) is 1. The highest BCUT2D eigenvalue weighted by Gasteiger charge is 2.30. The summed E-state index contributed by atoms with van der Waals surface area (Å²) in [5, 5.41) is 7.08. The largest absolute Gasteiger partial charge is 0.304 e. The molecule has 1 aromatic heterocycles. The van der Waals surface area contributed by atoms with E-state index in [2.05, 4.69) is 10.2 Å². The summed E-state index contributed by atoms with van der Waals surface area (Å²) in [6, 6.07) is 0. The third kappa shape index (κ3) is 2.90. The third-order valence-corrected chi connectivity index (χ3v) is 5.77. The summed E-state index contributed by atoms with van der Waals surface area (Å²) in [5.41, 5.74) is 0. The number of piperidine rings is 1. The van der Waals surface area contributed by atoms with E-state index >= 15 is 0 Å². The zero-order chi connectivity index (χ0) is 14.0. The number of aromatic amines is 1. The van der Waals surface area contributed by atoms with Gasteiger partial charge in [-0.2, -0.15) is 5.10 Å². The first-order chi connectivity index (χ1) is 8.99. The van der Waals surface area contributed by atoms with E-state index in [4.69, 9.17) is 12.2 Å². The fourth-order valence-corrected chi connectivity index (χ4v) is 3.98. The highest BCUT2D eigenvalue weighted by molar-refractivity contribution is 7.89. The normalized spacial score (nSPS) is 21.7. The molecule has 1 fully saturated rings. The summed E-state index contributed by atoms with van der Waals surface area (Å²) in [5.74, 6) is 1.16. The quantitative estimate of drug-likeness (QED) is 0.856. The summed E-state index contributed by atoms with van der Waals surface area (Å²) in [6.07, 6.45) is 1.82. The second-order valence-electron chi connectivity index (χ2n) is 4.73. The van der Waals surface area contributed by atoms with Gasteiger partial charge in [0.05, 0.1) is 5.75 Å². The van der Waals surface area contributed by atoms with E-state index in [1.54, 1.807) is 11.2 Å². The fourth-order valence-electron chi connectivity index (χ4n) is 2.54. The minimum atomic E-state index is -3.11. The second kappa shape index (κ2) is 5.72. The van der Waals surface area contributed by atoms with E-state index < -0.39 is 10.0 Å². The average Bonchev–Trinajstić information content (AvgIpc) is 2.80. The maximum Gasteiger partial charge on any atom is 0.213 e. The fraction of sp³-hybridized carbons (Fsp3) is 0.818. The molecule has 1 atom stereocenters. The molecule has 0 unspecified atom stereocenters. The Labute approximate surface area is 118 Å². The van der Waals surface area contributed by atoms with Gasteiger partial charge in [0, 0.05) is 25.6 Å². The summed E-state index contributed by atoms with van der Waals surface area (Å²) in [7, 11) is -3.11. The van der Waals surface area contributed by atoms with Crippen molar-refractivity contribution >= 4 is 22.2 Å². The van der Waals surface area contributed by atoms with E-state index in [0.29, 0.717) is 17.9 Å². The van der Waals surface area contributed by atoms with E-state index in [1.807, 2.05) is 11.5 Å². The van der Waals surface area contributed by atoms with Crippen molar-refractivity contribution in [2.24, 2.45) is 0 Å². The Hall–Kier alpha value is -0.730. The average molecular weight is 304 g/mol. The van der Waals surface area contributed by atoms with Crippen LogP contribution in [0.3, 0.4) is 0 Å². The Balaban J connectivity index is 2.24. The Morgan fingerprint density at radius 3 is 2.84 bits per heavy atom. The van der Waals surface area contributed by atoms with Crippen LogP contribution >= 0.6 is 12.2 Å². The number of hydrogen-bond donors (Lipinski definition) is 1. The summed E-state index contributed by atoms with van der Waals surface area (Å²) in [4.78, 5) is 0. The number of hydrogen-bond acceptors (Lipinski definition) is 4. The number of H-pyrrole nitrogens is 1. The molecule has 2 rings (SSSR count). The molecule has 0 bridgehead atoms. The molecule has 0 spiro atoms. The van der Waals surface area contributed by atoms with Gasteiger partial charge in [-0.3, -0.25) is 5.10 Å². The molecule has 0 aliphatic carbocycles. The lowest BCUT2D eigenvalue weighted by atomic mass is 9.99. The van der Waals surface area contributed by atoms with Crippen molar-refractivity contribution < 1.29 is 8.42 Å². The van der Waals surface area contributed by atoms with Gasteiger partial charge in [-0.1, -0.05) is 0 Å². The third-order valence-electron chi connectivity index (χ3n) is 3.61. The van der Waals surface area contributed by atoms with Crippen LogP contribution in [-0.2, 0) is 16.6 Å². The zero-order valence-corrected chi connectivity index (χ0v) is 12.9. The lowest BCUT2D eigenvalue weighted by molar-refractivity contribution is 0.305. The molecular weight excluding hydrogens is 284 g/mol. The summed E-state index contributed by atoms with van der Waals surface area (Å²) in [6.45, 7) is 5.57. The van der Waals surface area contributed by atoms with Crippen LogP contribution in [0.2, 0.25) is 0 Å². The van der Waals surface area contributed by atoms with Gasteiger partial charge in [0.25, 0.3) is 0 Å². The van der Waals surface area contributed by atoms with Crippen molar-refractivity contribution in [2.45, 2.75) is 39.2 Å². The number of nitrogens with zero attached hydrogens (tertiary/aromatic N) is 3. The standard InChI is InChI=1S/C11H20N4O2S2/c1-3-15-10(12-13-11(15)18)9-6-5-7-14(8-9)19(16,17)4-2/h9H,3-8H2,1-2H3,(H,13,18)/t9-/m0/s1. The van der Waals surface area contributed by atoms with Crippen LogP contribution in [-0.4, -0.2) is 46.3 Å². The summed E-state index contributed by atoms with van der Waals surface area (Å²) >= 11 is 5.18. The van der Waals surface area contributed by atoms with Crippen LogP contribution in [0.5, 0.6) is 0 Å². The van der Waals surface area contributed by atoms with E-state index in [9.17, 15) is 8.42 Å². The van der Waals surface area contributed by atoms with Crippen molar-refractivity contribution in [2.75, 3.05) is 18.8 Å². The van der Waals surface area contributed by atoms with Gasteiger partial charge in [-0.05, 0) is 38.9 Å². The maximum atomic E-state index is 12.0. The van der Waals surface area contributed by atoms with E-state index in [1.165, 1.54) is 0 Å². The SMILES string of the molecule is CCn1c([C@H]2CCCN(S(=O)(=O)CC)C2)n[nH]c1=S. The minimum absolute atomic E-state index is 0.128. The Morgan fingerprint density at radius 2 is 2.21 bits per heavy atom. The van der Waals surface area contributed by atoms with Crippen LogP contribution < -0.4 is 0 Å². The molecule has 1 aromatic rings. The molecule has 19 heavy (non-hydrogen) atoms. The highest BCUT2D eigenvalue weighted by Crippen LogP contribution is 2.27. The van der Waals surface area contributed by atoms with Crippen LogP contribution in [0.4, 0.5) is 0 Å². The minimum Gasteiger partial charge on any atom is -0.304 e. The molecule has 108 valence electrons. The van der Waals surface area contributed by atoms with Gasteiger partial charge in [0.1, 0.15) is 5.82 Å². The van der Waals surface area contributed by atoms with E-state index in [0.717, 1.165) is 25.2 Å². The first kappa shape index (κ1) is 14.7. The number of aromatic nitrogens is 3. The Bertz CT molecular complexity index is 590. The molecule has 0 amide bonds. The summed E-state index contributed by atoms with van der Waals surface area (Å²) < 4.78 is 28.1. The molecule has 1 N–H and O–H groups in total. The zero-order valence-electron chi connectivity index (χ0n) is 11.3. The Kier molecular flexibility index (Phi) is 4.42. The molecule has 6 nitrogen and oxygen atoms in total. The van der Waals surface area contributed by atoms with Crippen LogP contribution in [0, 0.1) is 4.77 Å². The molecule has 0 radical (unpaired) electrons. The van der Waals surface area contributed by atoms with Crippen molar-refractivity contribution in [3.8, 4) is 0 Å². The van der Waals surface area contributed by atoms with Crippen LogP contribution in [0.1, 0.15) is 38.4 Å². The molecule has 1 aliphatic rings. The molecule has 0 saturated carbocycles. The molecular formula is C11H20N4O2S2.